The van der Waals surface area contributed by atoms with Crippen molar-refractivity contribution in [3.63, 3.8) is 0 Å². The molecule has 0 spiro atoms. The molecule has 0 unspecified atom stereocenters. The monoisotopic (exact) mass is 518 g/mol. The Kier molecular flexibility index (Phi) is 6.97. The summed E-state index contributed by atoms with van der Waals surface area (Å²) in [7, 11) is 0. The Morgan fingerprint density at radius 3 is 2.35 bits per heavy atom. The van der Waals surface area contributed by atoms with Crippen molar-refractivity contribution in [2.75, 3.05) is 37.6 Å². The van der Waals surface area contributed by atoms with E-state index in [1.807, 2.05) is 51.6 Å². The van der Waals surface area contributed by atoms with Crippen LogP contribution in [-0.2, 0) is 4.79 Å². The summed E-state index contributed by atoms with van der Waals surface area (Å²) in [6.07, 6.45) is 0. The third kappa shape index (κ3) is 4.83. The van der Waals surface area contributed by atoms with Gasteiger partial charge < -0.3 is 14.7 Å². The number of hydrogen-bond acceptors (Lipinski definition) is 6. The Hall–Kier alpha value is -3.72. The zero-order chi connectivity index (χ0) is 26.1. The second-order valence-electron chi connectivity index (χ2n) is 9.96. The molecule has 2 atom stereocenters. The second-order valence-corrected chi connectivity index (χ2v) is 10.9. The van der Waals surface area contributed by atoms with Crippen molar-refractivity contribution in [3.8, 4) is 0 Å². The van der Waals surface area contributed by atoms with E-state index in [2.05, 4.69) is 18.7 Å². The lowest BCUT2D eigenvalue weighted by molar-refractivity contribution is -0.384. The Morgan fingerprint density at radius 2 is 1.73 bits per heavy atom. The molecule has 2 amide bonds. The first kappa shape index (κ1) is 25.0. The quantitative estimate of drug-likeness (QED) is 0.341. The van der Waals surface area contributed by atoms with E-state index in [1.54, 1.807) is 23.5 Å². The highest BCUT2D eigenvalue weighted by Crippen LogP contribution is 2.45. The van der Waals surface area contributed by atoms with E-state index in [-0.39, 0.29) is 29.5 Å². The van der Waals surface area contributed by atoms with Crippen LogP contribution in [0.5, 0.6) is 0 Å². The largest absolute Gasteiger partial charge is 0.368 e. The number of piperazine rings is 1. The second kappa shape index (κ2) is 10.3. The maximum atomic E-state index is 14.2. The van der Waals surface area contributed by atoms with E-state index in [1.165, 1.54) is 12.1 Å². The number of nitro benzene ring substituents is 1. The molecule has 9 heteroatoms. The molecule has 1 fully saturated rings. The van der Waals surface area contributed by atoms with Gasteiger partial charge in [0.25, 0.3) is 11.6 Å². The Bertz CT molecular complexity index is 1280. The number of anilines is 1. The predicted octanol–water partition coefficient (Wildman–Crippen LogP) is 4.94. The fraction of sp³-hybridized carbons (Fsp3) is 0.357. The van der Waals surface area contributed by atoms with Gasteiger partial charge in [-0.2, -0.15) is 0 Å². The first-order valence-corrected chi connectivity index (χ1v) is 13.4. The standard InChI is InChI=1S/C28H30N4O4S/c1-19(2)18-31-26(24-8-5-17-37-24)25(22-6-3-4-7-23(22)27(31)33)28(34)30-15-13-29(14-16-30)20-9-11-21(12-10-20)32(35)36/h3-12,17,19,25-26H,13-16,18H2,1-2H3/t25-,26+/m0/s1. The predicted molar refractivity (Wildman–Crippen MR) is 144 cm³/mol. The maximum Gasteiger partial charge on any atom is 0.269 e. The van der Waals surface area contributed by atoms with Gasteiger partial charge in [0.15, 0.2) is 0 Å². The molecule has 2 aliphatic rings. The molecule has 1 saturated heterocycles. The fourth-order valence-electron chi connectivity index (χ4n) is 5.40. The lowest BCUT2D eigenvalue weighted by Gasteiger charge is -2.44. The average molecular weight is 519 g/mol. The van der Waals surface area contributed by atoms with E-state index in [0.717, 1.165) is 16.1 Å². The van der Waals surface area contributed by atoms with E-state index >= 15 is 0 Å². The van der Waals surface area contributed by atoms with Crippen LogP contribution in [0, 0.1) is 16.0 Å². The summed E-state index contributed by atoms with van der Waals surface area (Å²) in [5.41, 5.74) is 2.38. The smallest absolute Gasteiger partial charge is 0.269 e. The van der Waals surface area contributed by atoms with Crippen molar-refractivity contribution in [1.82, 2.24) is 9.80 Å². The maximum absolute atomic E-state index is 14.2. The molecular weight excluding hydrogens is 488 g/mol. The molecule has 2 aromatic carbocycles. The summed E-state index contributed by atoms with van der Waals surface area (Å²) in [5.74, 6) is -0.194. The lowest BCUT2D eigenvalue weighted by atomic mass is 9.80. The number of carbonyl (C=O) groups excluding carboxylic acids is 2. The van der Waals surface area contributed by atoms with E-state index in [9.17, 15) is 19.7 Å². The number of carbonyl (C=O) groups is 2. The molecule has 3 aromatic rings. The highest BCUT2D eigenvalue weighted by molar-refractivity contribution is 7.10. The van der Waals surface area contributed by atoms with Crippen LogP contribution in [0.2, 0.25) is 0 Å². The summed E-state index contributed by atoms with van der Waals surface area (Å²) >= 11 is 1.58. The van der Waals surface area contributed by atoms with E-state index in [0.29, 0.717) is 38.3 Å². The Morgan fingerprint density at radius 1 is 1.03 bits per heavy atom. The first-order chi connectivity index (χ1) is 17.8. The molecule has 8 nitrogen and oxygen atoms in total. The molecule has 0 saturated carbocycles. The number of nitro groups is 1. The van der Waals surface area contributed by atoms with E-state index in [4.69, 9.17) is 0 Å². The van der Waals surface area contributed by atoms with Crippen LogP contribution in [0.1, 0.15) is 46.6 Å². The van der Waals surface area contributed by atoms with E-state index < -0.39 is 10.8 Å². The van der Waals surface area contributed by atoms with Gasteiger partial charge in [-0.3, -0.25) is 19.7 Å². The fourth-order valence-corrected chi connectivity index (χ4v) is 6.27. The highest BCUT2D eigenvalue weighted by Gasteiger charge is 2.46. The number of hydrogen-bond donors (Lipinski definition) is 0. The van der Waals surface area contributed by atoms with Crippen LogP contribution < -0.4 is 4.90 Å². The number of thiophene rings is 1. The van der Waals surface area contributed by atoms with Crippen LogP contribution in [0.3, 0.4) is 0 Å². The minimum atomic E-state index is -0.475. The topological polar surface area (TPSA) is 87.0 Å². The van der Waals surface area contributed by atoms with Crippen LogP contribution >= 0.6 is 11.3 Å². The van der Waals surface area contributed by atoms with Gasteiger partial charge in [-0.1, -0.05) is 38.1 Å². The SMILES string of the molecule is CC(C)CN1C(=O)c2ccccc2[C@H](C(=O)N2CCN(c3ccc([N+](=O)[O-])cc3)CC2)[C@H]1c1cccs1. The van der Waals surface area contributed by atoms with Crippen molar-refractivity contribution in [3.05, 3.63) is 92.2 Å². The number of non-ortho nitro benzene ring substituents is 1. The van der Waals surface area contributed by atoms with Crippen LogP contribution in [-0.4, -0.2) is 59.3 Å². The number of benzene rings is 2. The summed E-state index contributed by atoms with van der Waals surface area (Å²) in [5, 5.41) is 13.0. The molecule has 0 bridgehead atoms. The summed E-state index contributed by atoms with van der Waals surface area (Å²) < 4.78 is 0. The number of rotatable bonds is 6. The number of nitrogens with zero attached hydrogens (tertiary/aromatic N) is 4. The molecule has 2 aliphatic heterocycles. The van der Waals surface area contributed by atoms with Gasteiger partial charge in [-0.05, 0) is 41.1 Å². The molecular formula is C28H30N4O4S. The van der Waals surface area contributed by atoms with Crippen LogP contribution in [0.25, 0.3) is 0 Å². The molecule has 1 aromatic heterocycles. The third-order valence-electron chi connectivity index (χ3n) is 7.12. The zero-order valence-electron chi connectivity index (χ0n) is 20.9. The molecule has 3 heterocycles. The Labute approximate surface area is 220 Å². The lowest BCUT2D eigenvalue weighted by Crippen LogP contribution is -2.53. The third-order valence-corrected chi connectivity index (χ3v) is 8.06. The Balaban J connectivity index is 1.43. The summed E-state index contributed by atoms with van der Waals surface area (Å²) in [6, 6.07) is 17.7. The normalized spacial score (nSPS) is 19.8. The van der Waals surface area contributed by atoms with Gasteiger partial charge in [-0.15, -0.1) is 11.3 Å². The minimum Gasteiger partial charge on any atom is -0.368 e. The molecule has 192 valence electrons. The average Bonchev–Trinajstić information content (AvgIpc) is 3.44. The molecule has 37 heavy (non-hydrogen) atoms. The van der Waals surface area contributed by atoms with Crippen molar-refractivity contribution >= 4 is 34.5 Å². The summed E-state index contributed by atoms with van der Waals surface area (Å²) in [6.45, 7) is 7.12. The van der Waals surface area contributed by atoms with Gasteiger partial charge in [0, 0.05) is 61.0 Å². The highest BCUT2D eigenvalue weighted by atomic mass is 32.1. The molecule has 0 aliphatic carbocycles. The zero-order valence-corrected chi connectivity index (χ0v) is 21.8. The van der Waals surface area contributed by atoms with Crippen molar-refractivity contribution in [1.29, 1.82) is 0 Å². The molecule has 0 radical (unpaired) electrons. The van der Waals surface area contributed by atoms with Crippen LogP contribution in [0.15, 0.2) is 66.0 Å². The van der Waals surface area contributed by atoms with Gasteiger partial charge in [0.1, 0.15) is 0 Å². The molecule has 0 N–H and O–H groups in total. The van der Waals surface area contributed by atoms with Crippen LogP contribution in [0.4, 0.5) is 11.4 Å². The number of fused-ring (bicyclic) bond motifs is 1. The van der Waals surface area contributed by atoms with Gasteiger partial charge in [-0.25, -0.2) is 0 Å². The minimum absolute atomic E-state index is 0.0188. The first-order valence-electron chi connectivity index (χ1n) is 12.6. The number of amides is 2. The van der Waals surface area contributed by atoms with Crippen molar-refractivity contribution < 1.29 is 14.5 Å². The van der Waals surface area contributed by atoms with Gasteiger partial charge >= 0.3 is 0 Å². The van der Waals surface area contributed by atoms with Gasteiger partial charge in [0.05, 0.1) is 16.9 Å². The molecule has 5 rings (SSSR count). The van der Waals surface area contributed by atoms with Crippen molar-refractivity contribution in [2.24, 2.45) is 5.92 Å². The van der Waals surface area contributed by atoms with Crippen molar-refractivity contribution in [2.45, 2.75) is 25.8 Å². The summed E-state index contributed by atoms with van der Waals surface area (Å²) in [4.78, 5) is 45.4. The van der Waals surface area contributed by atoms with Gasteiger partial charge in [0.2, 0.25) is 5.91 Å².